The van der Waals surface area contributed by atoms with Crippen LogP contribution in [-0.4, -0.2) is 31.6 Å². The Balaban J connectivity index is 2.04. The van der Waals surface area contributed by atoms with Crippen LogP contribution in [0.2, 0.25) is 0 Å². The molecule has 0 fully saturated rings. The first-order chi connectivity index (χ1) is 13.3. The number of non-ortho nitro benzene ring substituents is 1. The first-order valence-corrected chi connectivity index (χ1v) is 7.90. The molecule has 0 aliphatic rings. The fourth-order valence-electron chi connectivity index (χ4n) is 2.93. The van der Waals surface area contributed by atoms with Crippen molar-refractivity contribution in [2.75, 3.05) is 0 Å². The number of aromatic nitrogens is 3. The Bertz CT molecular complexity index is 1250. The summed E-state index contributed by atoms with van der Waals surface area (Å²) in [5.74, 6) is -2.08. The standard InChI is InChI=1S/C18H9F3N4O3/c19-18(20,21)17(26)16-13-9-22-14-4-2-1-3-12(14)15(13)23-24(16)10-5-7-11(8-6-10)25(27)28/h1-9H. The van der Waals surface area contributed by atoms with E-state index in [1.54, 1.807) is 24.3 Å². The molecule has 2 heterocycles. The van der Waals surface area contributed by atoms with Crippen molar-refractivity contribution in [2.45, 2.75) is 6.18 Å². The average molecular weight is 386 g/mol. The van der Waals surface area contributed by atoms with Crippen LogP contribution in [0.25, 0.3) is 27.5 Å². The number of carbonyl (C=O) groups is 1. The summed E-state index contributed by atoms with van der Waals surface area (Å²) in [6.45, 7) is 0. The minimum Gasteiger partial charge on any atom is -0.282 e. The number of nitro groups is 1. The summed E-state index contributed by atoms with van der Waals surface area (Å²) in [7, 11) is 0. The molecule has 0 saturated carbocycles. The van der Waals surface area contributed by atoms with Crippen LogP contribution in [0.3, 0.4) is 0 Å². The van der Waals surface area contributed by atoms with Gasteiger partial charge in [-0.1, -0.05) is 18.2 Å². The minimum atomic E-state index is -5.13. The van der Waals surface area contributed by atoms with Crippen molar-refractivity contribution >= 4 is 33.3 Å². The van der Waals surface area contributed by atoms with E-state index >= 15 is 0 Å². The van der Waals surface area contributed by atoms with Gasteiger partial charge in [0.2, 0.25) is 0 Å². The molecule has 2 aromatic heterocycles. The second-order valence-electron chi connectivity index (χ2n) is 5.90. The van der Waals surface area contributed by atoms with Crippen molar-refractivity contribution in [3.05, 3.63) is 70.5 Å². The number of alkyl halides is 3. The fraction of sp³-hybridized carbons (Fsp3) is 0.0556. The van der Waals surface area contributed by atoms with Gasteiger partial charge >= 0.3 is 6.18 Å². The molecule has 0 N–H and O–H groups in total. The predicted octanol–water partition coefficient (Wildman–Crippen LogP) is 4.23. The van der Waals surface area contributed by atoms with E-state index in [9.17, 15) is 28.1 Å². The first kappa shape index (κ1) is 17.6. The molecule has 7 nitrogen and oxygen atoms in total. The predicted molar refractivity (Wildman–Crippen MR) is 93.4 cm³/mol. The number of halogens is 3. The molecule has 140 valence electrons. The van der Waals surface area contributed by atoms with E-state index in [1.807, 2.05) is 0 Å². The van der Waals surface area contributed by atoms with Gasteiger partial charge in [0.05, 0.1) is 21.5 Å². The van der Waals surface area contributed by atoms with Gasteiger partial charge in [0.25, 0.3) is 11.5 Å². The lowest BCUT2D eigenvalue weighted by molar-refractivity contribution is -0.384. The van der Waals surface area contributed by atoms with Crippen molar-refractivity contribution in [1.29, 1.82) is 0 Å². The van der Waals surface area contributed by atoms with Gasteiger partial charge in [-0.15, -0.1) is 0 Å². The van der Waals surface area contributed by atoms with Gasteiger partial charge in [0, 0.05) is 23.7 Å². The third kappa shape index (κ3) is 2.75. The maximum atomic E-state index is 13.2. The van der Waals surface area contributed by atoms with Gasteiger partial charge in [-0.3, -0.25) is 19.9 Å². The number of benzene rings is 2. The Morgan fingerprint density at radius 2 is 1.71 bits per heavy atom. The van der Waals surface area contributed by atoms with Crippen LogP contribution in [0.15, 0.2) is 54.7 Å². The summed E-state index contributed by atoms with van der Waals surface area (Å²) in [6.07, 6.45) is -3.96. The fourth-order valence-corrected chi connectivity index (χ4v) is 2.93. The maximum absolute atomic E-state index is 13.2. The minimum absolute atomic E-state index is 0.0561. The number of pyridine rings is 1. The molecule has 4 rings (SSSR count). The van der Waals surface area contributed by atoms with Gasteiger partial charge in [0.1, 0.15) is 11.2 Å². The molecule has 2 aromatic carbocycles. The Morgan fingerprint density at radius 1 is 1.04 bits per heavy atom. The highest BCUT2D eigenvalue weighted by molar-refractivity contribution is 6.14. The number of fused-ring (bicyclic) bond motifs is 3. The molecule has 0 spiro atoms. The normalized spacial score (nSPS) is 11.8. The lowest BCUT2D eigenvalue weighted by atomic mass is 10.1. The Hall–Kier alpha value is -3.82. The van der Waals surface area contributed by atoms with Crippen LogP contribution in [0.4, 0.5) is 18.9 Å². The number of para-hydroxylation sites is 1. The zero-order valence-corrected chi connectivity index (χ0v) is 13.8. The summed E-state index contributed by atoms with van der Waals surface area (Å²) in [5, 5.41) is 15.4. The molecular formula is C18H9F3N4O3. The highest BCUT2D eigenvalue weighted by atomic mass is 19.4. The number of rotatable bonds is 3. The third-order valence-corrected chi connectivity index (χ3v) is 4.19. The summed E-state index contributed by atoms with van der Waals surface area (Å²) < 4.78 is 40.5. The van der Waals surface area contributed by atoms with E-state index in [0.717, 1.165) is 16.8 Å². The number of nitro benzene ring substituents is 1. The zero-order chi connectivity index (χ0) is 20.1. The molecule has 0 saturated heterocycles. The van der Waals surface area contributed by atoms with Crippen LogP contribution in [0.5, 0.6) is 0 Å². The molecule has 28 heavy (non-hydrogen) atoms. The smallest absolute Gasteiger partial charge is 0.282 e. The van der Waals surface area contributed by atoms with Crippen LogP contribution >= 0.6 is 0 Å². The zero-order valence-electron chi connectivity index (χ0n) is 13.8. The van der Waals surface area contributed by atoms with E-state index < -0.39 is 22.6 Å². The van der Waals surface area contributed by atoms with Gasteiger partial charge in [-0.25, -0.2) is 4.68 Å². The Labute approximate surface area is 154 Å². The number of hydrogen-bond donors (Lipinski definition) is 0. The number of hydrogen-bond acceptors (Lipinski definition) is 5. The van der Waals surface area contributed by atoms with E-state index in [1.165, 1.54) is 18.3 Å². The van der Waals surface area contributed by atoms with Crippen LogP contribution < -0.4 is 0 Å². The number of ketones is 1. The van der Waals surface area contributed by atoms with Crippen molar-refractivity contribution in [1.82, 2.24) is 14.8 Å². The average Bonchev–Trinajstić information content (AvgIpc) is 3.06. The summed E-state index contributed by atoms with van der Waals surface area (Å²) in [5.41, 5.74) is -0.171. The Morgan fingerprint density at radius 3 is 2.36 bits per heavy atom. The first-order valence-electron chi connectivity index (χ1n) is 7.90. The third-order valence-electron chi connectivity index (χ3n) is 4.19. The van der Waals surface area contributed by atoms with Crippen molar-refractivity contribution in [2.24, 2.45) is 0 Å². The Kier molecular flexibility index (Phi) is 3.84. The SMILES string of the molecule is O=C(c1c2cnc3ccccc3c2nn1-c1ccc([N+](=O)[O-])cc1)C(F)(F)F. The molecular weight excluding hydrogens is 377 g/mol. The summed E-state index contributed by atoms with van der Waals surface area (Å²) in [4.78, 5) is 26.4. The van der Waals surface area contributed by atoms with Crippen molar-refractivity contribution in [3.63, 3.8) is 0 Å². The molecule has 0 amide bonds. The number of nitrogens with zero attached hydrogens (tertiary/aromatic N) is 4. The van der Waals surface area contributed by atoms with Gasteiger partial charge in [0.15, 0.2) is 0 Å². The molecule has 10 heteroatoms. The molecule has 0 bridgehead atoms. The quantitative estimate of drug-likeness (QED) is 0.299. The molecule has 0 radical (unpaired) electrons. The van der Waals surface area contributed by atoms with Crippen LogP contribution in [0.1, 0.15) is 10.5 Å². The van der Waals surface area contributed by atoms with Crippen LogP contribution in [-0.2, 0) is 0 Å². The monoisotopic (exact) mass is 386 g/mol. The van der Waals surface area contributed by atoms with E-state index in [-0.39, 0.29) is 22.3 Å². The molecule has 0 aliphatic heterocycles. The highest BCUT2D eigenvalue weighted by Crippen LogP contribution is 2.32. The molecule has 0 atom stereocenters. The number of Topliss-reactive ketones (excluding diaryl/α,β-unsaturated/α-hetero) is 1. The van der Waals surface area contributed by atoms with Gasteiger partial charge in [-0.2, -0.15) is 18.3 Å². The lowest BCUT2D eigenvalue weighted by Gasteiger charge is -2.09. The summed E-state index contributed by atoms with van der Waals surface area (Å²) in [6, 6.07) is 11.4. The topological polar surface area (TPSA) is 90.9 Å². The van der Waals surface area contributed by atoms with Gasteiger partial charge < -0.3 is 0 Å². The van der Waals surface area contributed by atoms with Crippen molar-refractivity contribution in [3.8, 4) is 5.69 Å². The molecule has 0 aliphatic carbocycles. The van der Waals surface area contributed by atoms with Crippen molar-refractivity contribution < 1.29 is 22.9 Å². The lowest BCUT2D eigenvalue weighted by Crippen LogP contribution is -2.25. The van der Waals surface area contributed by atoms with E-state index in [4.69, 9.17) is 0 Å². The highest BCUT2D eigenvalue weighted by Gasteiger charge is 2.43. The van der Waals surface area contributed by atoms with Crippen LogP contribution in [0, 0.1) is 10.1 Å². The molecule has 0 unspecified atom stereocenters. The second kappa shape index (κ2) is 6.12. The molecule has 4 aromatic rings. The second-order valence-corrected chi connectivity index (χ2v) is 5.90. The summed E-state index contributed by atoms with van der Waals surface area (Å²) >= 11 is 0. The number of carbonyl (C=O) groups excluding carboxylic acids is 1. The largest absolute Gasteiger partial charge is 0.456 e. The van der Waals surface area contributed by atoms with Gasteiger partial charge in [-0.05, 0) is 18.2 Å². The van der Waals surface area contributed by atoms with E-state index in [2.05, 4.69) is 10.1 Å². The van der Waals surface area contributed by atoms with E-state index in [0.29, 0.717) is 10.9 Å². The maximum Gasteiger partial charge on any atom is 0.456 e.